The maximum atomic E-state index is 12.0. The fourth-order valence-electron chi connectivity index (χ4n) is 2.96. The van der Waals surface area contributed by atoms with E-state index in [2.05, 4.69) is 10.6 Å². The molecule has 2 rings (SSSR count). The van der Waals surface area contributed by atoms with E-state index >= 15 is 0 Å². The minimum Gasteiger partial charge on any atom is -0.494 e. The van der Waals surface area contributed by atoms with E-state index in [0.717, 1.165) is 37.0 Å². The van der Waals surface area contributed by atoms with Gasteiger partial charge in [0.15, 0.2) is 6.10 Å². The lowest BCUT2D eigenvalue weighted by molar-refractivity contribution is -0.149. The van der Waals surface area contributed by atoms with Crippen molar-refractivity contribution in [2.24, 2.45) is 0 Å². The fourth-order valence-corrected chi connectivity index (χ4v) is 2.96. The fraction of sp³-hybridized carbons (Fsp3) is 0.476. The van der Waals surface area contributed by atoms with Crippen LogP contribution in [-0.2, 0) is 14.3 Å². The highest BCUT2D eigenvalue weighted by Crippen LogP contribution is 2.17. The normalized spacial score (nSPS) is 15.6. The van der Waals surface area contributed by atoms with Gasteiger partial charge in [0.05, 0.1) is 6.61 Å². The van der Waals surface area contributed by atoms with Crippen LogP contribution in [0.4, 0.5) is 4.79 Å². The monoisotopic (exact) mass is 388 g/mol. The Bertz CT molecular complexity index is 693. The molecule has 2 N–H and O–H groups in total. The molecule has 0 bridgehead atoms. The first-order valence-corrected chi connectivity index (χ1v) is 9.71. The van der Waals surface area contributed by atoms with Crippen molar-refractivity contribution in [3.05, 3.63) is 35.9 Å². The Morgan fingerprint density at radius 1 is 1.14 bits per heavy atom. The van der Waals surface area contributed by atoms with Crippen LogP contribution < -0.4 is 15.4 Å². The molecular weight excluding hydrogens is 360 g/mol. The summed E-state index contributed by atoms with van der Waals surface area (Å²) in [7, 11) is 0. The molecule has 28 heavy (non-hydrogen) atoms. The summed E-state index contributed by atoms with van der Waals surface area (Å²) in [4.78, 5) is 35.8. The van der Waals surface area contributed by atoms with Crippen LogP contribution >= 0.6 is 0 Å². The SMILES string of the molecule is CCOc1ccc(/C=C/C(=O)OC(C)C(=O)NC(=O)NC2CCCCC2)cc1. The number of hydrogen-bond acceptors (Lipinski definition) is 5. The topological polar surface area (TPSA) is 93.7 Å². The molecule has 0 heterocycles. The predicted octanol–water partition coefficient (Wildman–Crippen LogP) is 3.19. The van der Waals surface area contributed by atoms with E-state index in [9.17, 15) is 14.4 Å². The molecule has 1 unspecified atom stereocenters. The van der Waals surface area contributed by atoms with E-state index in [1.54, 1.807) is 30.3 Å². The molecule has 1 aromatic rings. The number of esters is 1. The maximum absolute atomic E-state index is 12.0. The molecule has 1 aromatic carbocycles. The highest BCUT2D eigenvalue weighted by atomic mass is 16.5. The number of imide groups is 1. The molecule has 1 aliphatic rings. The Balaban J connectivity index is 1.75. The zero-order chi connectivity index (χ0) is 20.4. The van der Waals surface area contributed by atoms with Crippen molar-refractivity contribution in [3.8, 4) is 5.75 Å². The van der Waals surface area contributed by atoms with E-state index in [4.69, 9.17) is 9.47 Å². The van der Waals surface area contributed by atoms with Crippen LogP contribution in [0.3, 0.4) is 0 Å². The van der Waals surface area contributed by atoms with Gasteiger partial charge in [-0.15, -0.1) is 0 Å². The number of ether oxygens (including phenoxy) is 2. The van der Waals surface area contributed by atoms with Crippen molar-refractivity contribution in [3.63, 3.8) is 0 Å². The lowest BCUT2D eigenvalue weighted by Crippen LogP contribution is -2.48. The lowest BCUT2D eigenvalue weighted by Gasteiger charge is -2.23. The van der Waals surface area contributed by atoms with E-state index in [-0.39, 0.29) is 6.04 Å². The van der Waals surface area contributed by atoms with Crippen molar-refractivity contribution in [1.82, 2.24) is 10.6 Å². The lowest BCUT2D eigenvalue weighted by atomic mass is 9.96. The van der Waals surface area contributed by atoms with Crippen LogP contribution in [0, 0.1) is 0 Å². The van der Waals surface area contributed by atoms with Gasteiger partial charge in [-0.3, -0.25) is 10.1 Å². The summed E-state index contributed by atoms with van der Waals surface area (Å²) in [5, 5.41) is 5.00. The Morgan fingerprint density at radius 2 is 1.82 bits per heavy atom. The van der Waals surface area contributed by atoms with Gasteiger partial charge in [0.2, 0.25) is 0 Å². The number of hydrogen-bond donors (Lipinski definition) is 2. The number of urea groups is 1. The largest absolute Gasteiger partial charge is 0.494 e. The molecule has 0 aliphatic heterocycles. The van der Waals surface area contributed by atoms with Gasteiger partial charge in [0.1, 0.15) is 5.75 Å². The summed E-state index contributed by atoms with van der Waals surface area (Å²) in [6.07, 6.45) is 6.91. The maximum Gasteiger partial charge on any atom is 0.331 e. The second-order valence-electron chi connectivity index (χ2n) is 6.71. The quantitative estimate of drug-likeness (QED) is 0.553. The molecule has 1 fully saturated rings. The highest BCUT2D eigenvalue weighted by molar-refractivity contribution is 5.98. The highest BCUT2D eigenvalue weighted by Gasteiger charge is 2.21. The summed E-state index contributed by atoms with van der Waals surface area (Å²) in [5.41, 5.74) is 0.796. The van der Waals surface area contributed by atoms with Crippen LogP contribution in [-0.4, -0.2) is 36.7 Å². The summed E-state index contributed by atoms with van der Waals surface area (Å²) < 4.78 is 10.4. The Hall–Kier alpha value is -2.83. The second-order valence-corrected chi connectivity index (χ2v) is 6.71. The third-order valence-electron chi connectivity index (χ3n) is 4.44. The molecule has 1 saturated carbocycles. The van der Waals surface area contributed by atoms with E-state index in [0.29, 0.717) is 6.61 Å². The van der Waals surface area contributed by atoms with Crippen LogP contribution in [0.1, 0.15) is 51.5 Å². The molecule has 0 radical (unpaired) electrons. The minimum absolute atomic E-state index is 0.0939. The van der Waals surface area contributed by atoms with E-state index in [1.165, 1.54) is 19.4 Å². The average Bonchev–Trinajstić information content (AvgIpc) is 2.68. The van der Waals surface area contributed by atoms with Crippen LogP contribution in [0.25, 0.3) is 6.08 Å². The van der Waals surface area contributed by atoms with E-state index in [1.807, 2.05) is 6.92 Å². The zero-order valence-electron chi connectivity index (χ0n) is 16.4. The van der Waals surface area contributed by atoms with Crippen molar-refractivity contribution >= 4 is 24.0 Å². The molecule has 3 amide bonds. The number of nitrogens with one attached hydrogen (secondary N) is 2. The van der Waals surface area contributed by atoms with Crippen molar-refractivity contribution in [2.75, 3.05) is 6.61 Å². The number of benzene rings is 1. The average molecular weight is 388 g/mol. The molecule has 1 aliphatic carbocycles. The molecule has 0 aromatic heterocycles. The molecule has 0 saturated heterocycles. The van der Waals surface area contributed by atoms with Crippen molar-refractivity contribution < 1.29 is 23.9 Å². The smallest absolute Gasteiger partial charge is 0.331 e. The summed E-state index contributed by atoms with van der Waals surface area (Å²) in [6, 6.07) is 6.76. The molecule has 152 valence electrons. The van der Waals surface area contributed by atoms with Gasteiger partial charge in [0.25, 0.3) is 5.91 Å². The second kappa shape index (κ2) is 11.1. The number of amides is 3. The predicted molar refractivity (Wildman–Crippen MR) is 106 cm³/mol. The van der Waals surface area contributed by atoms with Crippen molar-refractivity contribution in [2.45, 2.75) is 58.1 Å². The van der Waals surface area contributed by atoms with Crippen LogP contribution in [0.2, 0.25) is 0 Å². The first kappa shape index (κ1) is 21.5. The van der Waals surface area contributed by atoms with Gasteiger partial charge >= 0.3 is 12.0 Å². The van der Waals surface area contributed by atoms with Gasteiger partial charge in [-0.25, -0.2) is 9.59 Å². The summed E-state index contributed by atoms with van der Waals surface area (Å²) in [5.74, 6) is -0.570. The Kier molecular flexibility index (Phi) is 8.52. The van der Waals surface area contributed by atoms with Crippen molar-refractivity contribution in [1.29, 1.82) is 0 Å². The molecule has 7 heteroatoms. The van der Waals surface area contributed by atoms with Gasteiger partial charge in [-0.2, -0.15) is 0 Å². The molecular formula is C21H28N2O5. The number of carbonyl (C=O) groups is 3. The molecule has 1 atom stereocenters. The summed E-state index contributed by atoms with van der Waals surface area (Å²) in [6.45, 7) is 3.91. The minimum atomic E-state index is -1.07. The zero-order valence-corrected chi connectivity index (χ0v) is 16.4. The van der Waals surface area contributed by atoms with Gasteiger partial charge in [-0.05, 0) is 50.5 Å². The van der Waals surface area contributed by atoms with Crippen LogP contribution in [0.5, 0.6) is 5.75 Å². The molecule has 0 spiro atoms. The van der Waals surface area contributed by atoms with E-state index < -0.39 is 24.0 Å². The Morgan fingerprint density at radius 3 is 2.46 bits per heavy atom. The van der Waals surface area contributed by atoms with Gasteiger partial charge in [-0.1, -0.05) is 31.4 Å². The first-order valence-electron chi connectivity index (χ1n) is 9.71. The standard InChI is InChI=1S/C21H28N2O5/c1-3-27-18-12-9-16(10-13-18)11-14-19(24)28-15(2)20(25)23-21(26)22-17-7-5-4-6-8-17/h9-15,17H,3-8H2,1-2H3,(H2,22,23,25,26)/b14-11+. The van der Waals surface area contributed by atoms with Gasteiger partial charge in [0, 0.05) is 12.1 Å². The molecule has 7 nitrogen and oxygen atoms in total. The van der Waals surface area contributed by atoms with Gasteiger partial charge < -0.3 is 14.8 Å². The number of rotatable bonds is 7. The van der Waals surface area contributed by atoms with Crippen LogP contribution in [0.15, 0.2) is 30.3 Å². The number of carbonyl (C=O) groups excluding carboxylic acids is 3. The summed E-state index contributed by atoms with van der Waals surface area (Å²) >= 11 is 0. The third-order valence-corrected chi connectivity index (χ3v) is 4.44. The third kappa shape index (κ3) is 7.42. The first-order chi connectivity index (χ1) is 13.5. The Labute approximate surface area is 165 Å².